The molecule has 20 heavy (non-hydrogen) atoms. The minimum Gasteiger partial charge on any atom is -0.351 e. The van der Waals surface area contributed by atoms with Crippen LogP contribution in [0.3, 0.4) is 0 Å². The van der Waals surface area contributed by atoms with E-state index in [9.17, 15) is 9.18 Å². The average Bonchev–Trinajstić information content (AvgIpc) is 2.40. The van der Waals surface area contributed by atoms with Gasteiger partial charge in [-0.05, 0) is 27.0 Å². The first-order valence-corrected chi connectivity index (χ1v) is 6.40. The number of fused-ring (bicyclic) bond motifs is 1. The molecule has 1 heterocycles. The van der Waals surface area contributed by atoms with E-state index in [1.165, 1.54) is 12.1 Å². The Morgan fingerprint density at radius 2 is 1.90 bits per heavy atom. The summed E-state index contributed by atoms with van der Waals surface area (Å²) in [6.45, 7) is 4.72. The summed E-state index contributed by atoms with van der Waals surface area (Å²) in [6.07, 6.45) is 0. The van der Waals surface area contributed by atoms with E-state index in [0.29, 0.717) is 24.1 Å². The van der Waals surface area contributed by atoms with E-state index in [4.69, 9.17) is 0 Å². The van der Waals surface area contributed by atoms with E-state index < -0.39 is 5.82 Å². The van der Waals surface area contributed by atoms with Crippen molar-refractivity contribution in [3.8, 4) is 0 Å². The van der Waals surface area contributed by atoms with E-state index in [1.54, 1.807) is 14.0 Å². The molecule has 2 aromatic rings. The maximum Gasteiger partial charge on any atom is 0.253 e. The van der Waals surface area contributed by atoms with Gasteiger partial charge in [0.2, 0.25) is 0 Å². The lowest BCUT2D eigenvalue weighted by Crippen LogP contribution is -2.30. The highest BCUT2D eigenvalue weighted by molar-refractivity contribution is 6.04. The lowest BCUT2D eigenvalue weighted by Gasteiger charge is -2.09. The van der Waals surface area contributed by atoms with Crippen molar-refractivity contribution in [1.29, 1.82) is 0 Å². The van der Waals surface area contributed by atoms with Crippen molar-refractivity contribution in [2.24, 2.45) is 0 Å². The number of halogens is 1. The maximum absolute atomic E-state index is 13.6. The number of nitrogens with zero attached hydrogens (tertiary/aromatic N) is 2. The molecule has 2 N–H and O–H groups in total. The second kappa shape index (κ2) is 5.92. The molecular formula is C14H17FN4O. The summed E-state index contributed by atoms with van der Waals surface area (Å²) in [6, 6.07) is 2.49. The molecule has 5 nitrogen and oxygen atoms in total. The lowest BCUT2D eigenvalue weighted by atomic mass is 10.1. The summed E-state index contributed by atoms with van der Waals surface area (Å²) in [5.74, 6) is -0.837. The van der Waals surface area contributed by atoms with Crippen LogP contribution in [0.25, 0.3) is 11.0 Å². The Bertz CT molecular complexity index is 657. The van der Waals surface area contributed by atoms with Crippen LogP contribution in [0.15, 0.2) is 12.1 Å². The largest absolute Gasteiger partial charge is 0.351 e. The fraction of sp³-hybridized carbons (Fsp3) is 0.357. The summed E-state index contributed by atoms with van der Waals surface area (Å²) in [7, 11) is 1.79. The smallest absolute Gasteiger partial charge is 0.253 e. The Labute approximate surface area is 116 Å². The molecule has 0 aliphatic carbocycles. The molecule has 0 saturated carbocycles. The van der Waals surface area contributed by atoms with Gasteiger partial charge in [-0.3, -0.25) is 4.79 Å². The van der Waals surface area contributed by atoms with E-state index in [1.807, 2.05) is 6.92 Å². The van der Waals surface area contributed by atoms with Crippen LogP contribution >= 0.6 is 0 Å². The third-order valence-electron chi connectivity index (χ3n) is 3.05. The van der Waals surface area contributed by atoms with Gasteiger partial charge >= 0.3 is 0 Å². The van der Waals surface area contributed by atoms with Gasteiger partial charge in [-0.1, -0.05) is 0 Å². The minimum atomic E-state index is -0.492. The zero-order valence-corrected chi connectivity index (χ0v) is 11.7. The molecule has 0 unspecified atom stereocenters. The molecule has 1 aromatic carbocycles. The quantitative estimate of drug-likeness (QED) is 0.827. The molecule has 0 aliphatic heterocycles. The summed E-state index contributed by atoms with van der Waals surface area (Å²) in [5, 5.41) is 5.64. The average molecular weight is 276 g/mol. The first-order chi connectivity index (χ1) is 9.52. The fourth-order valence-corrected chi connectivity index (χ4v) is 1.87. The van der Waals surface area contributed by atoms with Gasteiger partial charge in [0.15, 0.2) is 0 Å². The van der Waals surface area contributed by atoms with E-state index in [-0.39, 0.29) is 11.5 Å². The Balaban J connectivity index is 2.46. The molecule has 106 valence electrons. The van der Waals surface area contributed by atoms with Gasteiger partial charge in [-0.2, -0.15) is 0 Å². The van der Waals surface area contributed by atoms with Gasteiger partial charge < -0.3 is 10.6 Å². The molecule has 0 aliphatic rings. The zero-order valence-electron chi connectivity index (χ0n) is 11.7. The number of likely N-dealkylation sites (N-methyl/N-ethyl adjacent to an activating group) is 1. The molecule has 0 radical (unpaired) electrons. The van der Waals surface area contributed by atoms with Crippen molar-refractivity contribution in [3.05, 3.63) is 34.9 Å². The maximum atomic E-state index is 13.6. The second-order valence-corrected chi connectivity index (χ2v) is 4.57. The lowest BCUT2D eigenvalue weighted by molar-refractivity contribution is 0.0955. The minimum absolute atomic E-state index is 0.215. The van der Waals surface area contributed by atoms with Gasteiger partial charge in [0.25, 0.3) is 5.91 Å². The van der Waals surface area contributed by atoms with Gasteiger partial charge in [0, 0.05) is 19.2 Å². The van der Waals surface area contributed by atoms with Crippen LogP contribution in [0.4, 0.5) is 4.39 Å². The summed E-state index contributed by atoms with van der Waals surface area (Å²) >= 11 is 0. The monoisotopic (exact) mass is 276 g/mol. The number of aromatic nitrogens is 2. The number of carbonyl (C=O) groups excluding carboxylic acids is 1. The highest BCUT2D eigenvalue weighted by atomic mass is 19.1. The molecule has 2 rings (SSSR count). The van der Waals surface area contributed by atoms with Crippen molar-refractivity contribution < 1.29 is 9.18 Å². The third-order valence-corrected chi connectivity index (χ3v) is 3.05. The number of rotatable bonds is 4. The van der Waals surface area contributed by atoms with Crippen molar-refractivity contribution in [2.75, 3.05) is 20.1 Å². The molecule has 0 spiro atoms. The molecule has 6 heteroatoms. The number of benzene rings is 1. The molecule has 0 bridgehead atoms. The van der Waals surface area contributed by atoms with Crippen LogP contribution in [0, 0.1) is 19.7 Å². The first kappa shape index (κ1) is 14.3. The first-order valence-electron chi connectivity index (χ1n) is 6.40. The number of amides is 1. The molecule has 0 saturated heterocycles. The summed E-state index contributed by atoms with van der Waals surface area (Å²) in [4.78, 5) is 20.7. The van der Waals surface area contributed by atoms with Crippen LogP contribution in [0.5, 0.6) is 0 Å². The number of nitrogens with one attached hydrogen (secondary N) is 2. The van der Waals surface area contributed by atoms with Crippen LogP contribution < -0.4 is 10.6 Å². The van der Waals surface area contributed by atoms with E-state index in [2.05, 4.69) is 20.6 Å². The summed E-state index contributed by atoms with van der Waals surface area (Å²) < 4.78 is 13.6. The highest BCUT2D eigenvalue weighted by Crippen LogP contribution is 2.19. The fourth-order valence-electron chi connectivity index (χ4n) is 1.87. The number of hydrogen-bond donors (Lipinski definition) is 2. The zero-order chi connectivity index (χ0) is 14.7. The summed E-state index contributed by atoms with van der Waals surface area (Å²) in [5.41, 5.74) is 2.49. The van der Waals surface area contributed by atoms with Gasteiger partial charge in [0.05, 0.1) is 22.5 Å². The topological polar surface area (TPSA) is 66.9 Å². The van der Waals surface area contributed by atoms with Gasteiger partial charge in [0.1, 0.15) is 11.3 Å². The number of hydrogen-bond acceptors (Lipinski definition) is 4. The predicted octanol–water partition coefficient (Wildman–Crippen LogP) is 1.33. The van der Waals surface area contributed by atoms with Crippen LogP contribution in [0.1, 0.15) is 21.7 Å². The van der Waals surface area contributed by atoms with E-state index >= 15 is 0 Å². The van der Waals surface area contributed by atoms with Gasteiger partial charge in [-0.15, -0.1) is 0 Å². The van der Waals surface area contributed by atoms with Crippen molar-refractivity contribution in [2.45, 2.75) is 13.8 Å². The Morgan fingerprint density at radius 3 is 2.60 bits per heavy atom. The SMILES string of the molecule is CNCCNC(=O)c1cc(F)cc2nc(C)c(C)nc12. The van der Waals surface area contributed by atoms with Crippen molar-refractivity contribution in [1.82, 2.24) is 20.6 Å². The molecule has 1 aromatic heterocycles. The van der Waals surface area contributed by atoms with Crippen LogP contribution in [-0.4, -0.2) is 36.0 Å². The number of carbonyl (C=O) groups is 1. The van der Waals surface area contributed by atoms with Crippen molar-refractivity contribution in [3.63, 3.8) is 0 Å². The number of aryl methyl sites for hydroxylation is 2. The predicted molar refractivity (Wildman–Crippen MR) is 75.2 cm³/mol. The van der Waals surface area contributed by atoms with E-state index in [0.717, 1.165) is 11.4 Å². The van der Waals surface area contributed by atoms with Crippen LogP contribution in [-0.2, 0) is 0 Å². The Kier molecular flexibility index (Phi) is 4.24. The second-order valence-electron chi connectivity index (χ2n) is 4.57. The van der Waals surface area contributed by atoms with Gasteiger partial charge in [-0.25, -0.2) is 14.4 Å². The molecule has 0 atom stereocenters. The Hall–Kier alpha value is -2.08. The Morgan fingerprint density at radius 1 is 1.20 bits per heavy atom. The normalized spacial score (nSPS) is 10.8. The van der Waals surface area contributed by atoms with Crippen molar-refractivity contribution >= 4 is 16.9 Å². The molecule has 0 fully saturated rings. The molecular weight excluding hydrogens is 259 g/mol. The highest BCUT2D eigenvalue weighted by Gasteiger charge is 2.15. The molecule has 1 amide bonds. The third kappa shape index (κ3) is 2.91. The van der Waals surface area contributed by atoms with Crippen LogP contribution in [0.2, 0.25) is 0 Å². The standard InChI is InChI=1S/C14H17FN4O/c1-8-9(2)19-13-11(14(20)17-5-4-16-3)6-10(15)7-12(13)18-8/h6-7,16H,4-5H2,1-3H3,(H,17,20).